The third-order valence-electron chi connectivity index (χ3n) is 4.75. The number of esters is 1. The number of piperazine rings is 1. The smallest absolute Gasteiger partial charge is 0.411 e. The van der Waals surface area contributed by atoms with E-state index in [1.807, 2.05) is 4.90 Å². The van der Waals surface area contributed by atoms with E-state index in [-0.39, 0.29) is 19.1 Å². The lowest BCUT2D eigenvalue weighted by Gasteiger charge is -2.34. The first-order chi connectivity index (χ1) is 15.2. The molecule has 0 saturated carbocycles. The molecular weight excluding hydrogens is 427 g/mol. The molecule has 1 amide bonds. The van der Waals surface area contributed by atoms with Crippen LogP contribution in [0, 0.1) is 0 Å². The van der Waals surface area contributed by atoms with Gasteiger partial charge in [0, 0.05) is 51.1 Å². The van der Waals surface area contributed by atoms with Crippen molar-refractivity contribution in [2.45, 2.75) is 19.5 Å². The highest BCUT2D eigenvalue weighted by Gasteiger charge is 2.27. The third kappa shape index (κ3) is 10.7. The second-order valence-electron chi connectivity index (χ2n) is 7.39. The molecule has 10 heteroatoms. The van der Waals surface area contributed by atoms with Gasteiger partial charge in [-0.25, -0.2) is 4.79 Å². The standard InChI is InChI=1S/C22H30F3N3O4/c1-2-32-21(30)9-6-18-4-7-19(8-5-18)26-20(29)16-28-13-11-27(12-14-28)10-3-15-31-17-22(23,24)25/h4-9H,2-3,10-17H2,1H3,(H,26,29)/b9-6+. The maximum absolute atomic E-state index is 12.3. The SMILES string of the molecule is CCOC(=O)/C=C/c1ccc(NC(=O)CN2CCN(CCCOCC(F)(F)F)CC2)cc1. The van der Waals surface area contributed by atoms with Gasteiger partial charge in [-0.15, -0.1) is 0 Å². The Morgan fingerprint density at radius 3 is 2.38 bits per heavy atom. The molecule has 1 fully saturated rings. The van der Waals surface area contributed by atoms with Crippen molar-refractivity contribution in [1.29, 1.82) is 0 Å². The van der Waals surface area contributed by atoms with Crippen LogP contribution in [-0.2, 0) is 19.1 Å². The minimum atomic E-state index is -4.28. The largest absolute Gasteiger partial charge is 0.463 e. The predicted octanol–water partition coefficient (Wildman–Crippen LogP) is 2.79. The monoisotopic (exact) mass is 457 g/mol. The van der Waals surface area contributed by atoms with Gasteiger partial charge in [0.25, 0.3) is 0 Å². The van der Waals surface area contributed by atoms with E-state index in [0.717, 1.165) is 18.7 Å². The molecule has 0 spiro atoms. The van der Waals surface area contributed by atoms with E-state index in [0.29, 0.717) is 38.3 Å². The van der Waals surface area contributed by atoms with Crippen LogP contribution in [0.25, 0.3) is 6.08 Å². The number of carbonyl (C=O) groups is 2. The summed E-state index contributed by atoms with van der Waals surface area (Å²) in [5.74, 6) is -0.520. The van der Waals surface area contributed by atoms with Crippen molar-refractivity contribution in [3.8, 4) is 0 Å². The van der Waals surface area contributed by atoms with Crippen LogP contribution in [0.15, 0.2) is 30.3 Å². The lowest BCUT2D eigenvalue weighted by molar-refractivity contribution is -0.174. The average Bonchev–Trinajstić information content (AvgIpc) is 2.73. The van der Waals surface area contributed by atoms with Crippen molar-refractivity contribution >= 4 is 23.6 Å². The van der Waals surface area contributed by atoms with Crippen LogP contribution in [0.3, 0.4) is 0 Å². The molecule has 1 heterocycles. The molecule has 0 atom stereocenters. The second kappa shape index (κ2) is 13.2. The number of carbonyl (C=O) groups excluding carboxylic acids is 2. The van der Waals surface area contributed by atoms with Gasteiger partial charge in [-0.2, -0.15) is 13.2 Å². The van der Waals surface area contributed by atoms with E-state index < -0.39 is 18.8 Å². The van der Waals surface area contributed by atoms with Crippen molar-refractivity contribution in [3.63, 3.8) is 0 Å². The molecule has 2 rings (SSSR count). The van der Waals surface area contributed by atoms with Crippen LogP contribution in [0.1, 0.15) is 18.9 Å². The maximum Gasteiger partial charge on any atom is 0.411 e. The summed E-state index contributed by atoms with van der Waals surface area (Å²) < 4.78 is 45.5. The number of ether oxygens (including phenoxy) is 2. The second-order valence-corrected chi connectivity index (χ2v) is 7.39. The highest BCUT2D eigenvalue weighted by molar-refractivity contribution is 5.92. The minimum Gasteiger partial charge on any atom is -0.463 e. The molecule has 1 aromatic carbocycles. The molecule has 0 aliphatic carbocycles. The molecule has 178 valence electrons. The molecule has 1 aromatic rings. The molecule has 1 saturated heterocycles. The van der Waals surface area contributed by atoms with Gasteiger partial charge < -0.3 is 19.7 Å². The fourth-order valence-corrected chi connectivity index (χ4v) is 3.18. The normalized spacial score (nSPS) is 15.8. The van der Waals surface area contributed by atoms with Gasteiger partial charge in [-0.3, -0.25) is 9.69 Å². The first-order valence-electron chi connectivity index (χ1n) is 10.6. The Bertz CT molecular complexity index is 746. The van der Waals surface area contributed by atoms with E-state index in [1.165, 1.54) is 6.08 Å². The van der Waals surface area contributed by atoms with E-state index in [4.69, 9.17) is 4.74 Å². The van der Waals surface area contributed by atoms with Gasteiger partial charge >= 0.3 is 12.1 Å². The first-order valence-corrected chi connectivity index (χ1v) is 10.6. The Balaban J connectivity index is 1.63. The highest BCUT2D eigenvalue weighted by Crippen LogP contribution is 2.14. The summed E-state index contributed by atoms with van der Waals surface area (Å²) in [6, 6.07) is 7.12. The number of rotatable bonds is 11. The number of benzene rings is 1. The third-order valence-corrected chi connectivity index (χ3v) is 4.75. The molecule has 1 N–H and O–H groups in total. The molecular formula is C22H30F3N3O4. The van der Waals surface area contributed by atoms with Crippen LogP contribution in [-0.4, -0.2) is 86.9 Å². The number of hydrogen-bond acceptors (Lipinski definition) is 6. The van der Waals surface area contributed by atoms with E-state index in [1.54, 1.807) is 37.3 Å². The summed E-state index contributed by atoms with van der Waals surface area (Å²) in [4.78, 5) is 27.8. The molecule has 0 bridgehead atoms. The highest BCUT2D eigenvalue weighted by atomic mass is 19.4. The topological polar surface area (TPSA) is 71.1 Å². The number of halogens is 3. The van der Waals surface area contributed by atoms with Crippen LogP contribution >= 0.6 is 0 Å². The lowest BCUT2D eigenvalue weighted by Crippen LogP contribution is -2.48. The number of hydrogen-bond donors (Lipinski definition) is 1. The number of anilines is 1. The van der Waals surface area contributed by atoms with Gasteiger partial charge in [-0.05, 0) is 37.1 Å². The lowest BCUT2D eigenvalue weighted by atomic mass is 10.2. The molecule has 7 nitrogen and oxygen atoms in total. The number of alkyl halides is 3. The number of nitrogens with one attached hydrogen (secondary N) is 1. The Morgan fingerprint density at radius 1 is 1.09 bits per heavy atom. The number of amides is 1. The van der Waals surface area contributed by atoms with Crippen LogP contribution < -0.4 is 5.32 Å². The van der Waals surface area contributed by atoms with Crippen molar-refractivity contribution in [2.75, 3.05) is 64.4 Å². The Labute approximate surface area is 186 Å². The first kappa shape index (κ1) is 25.8. The quantitative estimate of drug-likeness (QED) is 0.313. The van der Waals surface area contributed by atoms with E-state index >= 15 is 0 Å². The molecule has 1 aliphatic rings. The minimum absolute atomic E-state index is 0.0829. The van der Waals surface area contributed by atoms with Crippen molar-refractivity contribution < 1.29 is 32.2 Å². The Hall–Kier alpha value is -2.43. The van der Waals surface area contributed by atoms with Gasteiger partial charge in [0.1, 0.15) is 6.61 Å². The number of nitrogens with zero attached hydrogens (tertiary/aromatic N) is 2. The van der Waals surface area contributed by atoms with E-state index in [2.05, 4.69) is 15.0 Å². The summed E-state index contributed by atoms with van der Waals surface area (Å²) in [6.07, 6.45) is -0.741. The summed E-state index contributed by atoms with van der Waals surface area (Å²) in [5, 5.41) is 2.85. The molecule has 0 unspecified atom stereocenters. The van der Waals surface area contributed by atoms with Crippen LogP contribution in [0.4, 0.5) is 18.9 Å². The van der Waals surface area contributed by atoms with Crippen molar-refractivity contribution in [3.05, 3.63) is 35.9 Å². The van der Waals surface area contributed by atoms with Gasteiger partial charge in [-0.1, -0.05) is 12.1 Å². The predicted molar refractivity (Wildman–Crippen MR) is 115 cm³/mol. The van der Waals surface area contributed by atoms with Crippen LogP contribution in [0.2, 0.25) is 0 Å². The molecule has 1 aliphatic heterocycles. The van der Waals surface area contributed by atoms with Gasteiger partial charge in [0.2, 0.25) is 5.91 Å². The Kier molecular flexibility index (Phi) is 10.6. The van der Waals surface area contributed by atoms with Crippen molar-refractivity contribution in [1.82, 2.24) is 9.80 Å². The average molecular weight is 457 g/mol. The van der Waals surface area contributed by atoms with Gasteiger partial charge in [0.15, 0.2) is 0 Å². The summed E-state index contributed by atoms with van der Waals surface area (Å²) in [7, 11) is 0. The zero-order valence-corrected chi connectivity index (χ0v) is 18.2. The van der Waals surface area contributed by atoms with Crippen molar-refractivity contribution in [2.24, 2.45) is 0 Å². The molecule has 0 aromatic heterocycles. The fourth-order valence-electron chi connectivity index (χ4n) is 3.18. The zero-order valence-electron chi connectivity index (χ0n) is 18.2. The van der Waals surface area contributed by atoms with Crippen LogP contribution in [0.5, 0.6) is 0 Å². The maximum atomic E-state index is 12.3. The molecule has 0 radical (unpaired) electrons. The van der Waals surface area contributed by atoms with Gasteiger partial charge in [0.05, 0.1) is 13.2 Å². The Morgan fingerprint density at radius 2 is 1.75 bits per heavy atom. The molecule has 32 heavy (non-hydrogen) atoms. The summed E-state index contributed by atoms with van der Waals surface area (Å²) in [6.45, 7) is 4.84. The van der Waals surface area contributed by atoms with E-state index in [9.17, 15) is 22.8 Å². The fraction of sp³-hybridized carbons (Fsp3) is 0.545. The summed E-state index contributed by atoms with van der Waals surface area (Å²) in [5.41, 5.74) is 1.48. The zero-order chi connectivity index (χ0) is 23.4. The summed E-state index contributed by atoms with van der Waals surface area (Å²) >= 11 is 0.